The Balaban J connectivity index is 2.84. The maximum absolute atomic E-state index is 11.3. The van der Waals surface area contributed by atoms with Crippen molar-refractivity contribution in [1.82, 2.24) is 9.55 Å². The highest BCUT2D eigenvalue weighted by atomic mass is 31.2. The largest absolute Gasteiger partial charge is 0.479 e. The number of carbonyl (C=O) groups is 1. The van der Waals surface area contributed by atoms with E-state index in [0.717, 1.165) is 16.8 Å². The van der Waals surface area contributed by atoms with Crippen LogP contribution in [-0.2, 0) is 20.6 Å². The van der Waals surface area contributed by atoms with Crippen LogP contribution < -0.4 is 11.2 Å². The number of carboxylic acid groups (broad SMARTS) is 1. The van der Waals surface area contributed by atoms with Gasteiger partial charge in [-0.2, -0.15) is 0 Å². The summed E-state index contributed by atoms with van der Waals surface area (Å²) < 4.78 is 16.0. The average molecular weight is 294 g/mol. The summed E-state index contributed by atoms with van der Waals surface area (Å²) >= 11 is 0. The quantitative estimate of drug-likeness (QED) is 0.444. The van der Waals surface area contributed by atoms with Crippen LogP contribution in [0.4, 0.5) is 0 Å². The standard InChI is InChI=1S/C8H11N2O8P/c11-6-1-2-10(8(14)9-6)3-5(7(12)13)18-4-19(15,16)17/h1-2,5H,3-4H2,(H,12,13)(H,9,11,14)(H2,15,16,17)/t5-/m0/s1. The van der Waals surface area contributed by atoms with E-state index in [1.54, 1.807) is 0 Å². The molecule has 0 aliphatic carbocycles. The van der Waals surface area contributed by atoms with Crippen molar-refractivity contribution in [2.45, 2.75) is 12.6 Å². The Morgan fingerprint density at radius 3 is 2.58 bits per heavy atom. The lowest BCUT2D eigenvalue weighted by molar-refractivity contribution is -0.150. The number of carboxylic acids is 1. The number of H-pyrrole nitrogens is 1. The van der Waals surface area contributed by atoms with Gasteiger partial charge < -0.3 is 19.6 Å². The zero-order chi connectivity index (χ0) is 14.6. The molecule has 1 rings (SSSR count). The number of nitrogens with one attached hydrogen (secondary N) is 1. The topological polar surface area (TPSA) is 159 Å². The highest BCUT2D eigenvalue weighted by molar-refractivity contribution is 7.51. The van der Waals surface area contributed by atoms with Crippen molar-refractivity contribution < 1.29 is 29.0 Å². The fourth-order valence-corrected chi connectivity index (χ4v) is 1.53. The molecule has 0 saturated heterocycles. The molecule has 0 fully saturated rings. The van der Waals surface area contributed by atoms with Gasteiger partial charge in [-0.15, -0.1) is 0 Å². The van der Waals surface area contributed by atoms with Gasteiger partial charge in [0, 0.05) is 12.3 Å². The normalized spacial score (nSPS) is 13.2. The van der Waals surface area contributed by atoms with Gasteiger partial charge in [0.25, 0.3) is 5.56 Å². The van der Waals surface area contributed by atoms with Crippen molar-refractivity contribution in [1.29, 1.82) is 0 Å². The van der Waals surface area contributed by atoms with E-state index in [1.165, 1.54) is 0 Å². The van der Waals surface area contributed by atoms with Crippen molar-refractivity contribution in [2.24, 2.45) is 0 Å². The minimum absolute atomic E-state index is 0.495. The predicted molar refractivity (Wildman–Crippen MR) is 60.7 cm³/mol. The van der Waals surface area contributed by atoms with E-state index >= 15 is 0 Å². The Labute approximate surface area is 105 Å². The second-order valence-corrected chi connectivity index (χ2v) is 5.14. The van der Waals surface area contributed by atoms with Crippen LogP contribution in [0.2, 0.25) is 0 Å². The molecular weight excluding hydrogens is 283 g/mol. The number of nitrogens with zero attached hydrogens (tertiary/aromatic N) is 1. The van der Waals surface area contributed by atoms with E-state index in [9.17, 15) is 18.9 Å². The molecule has 1 atom stereocenters. The van der Waals surface area contributed by atoms with Gasteiger partial charge in [-0.05, 0) is 0 Å². The molecular formula is C8H11N2O8P. The summed E-state index contributed by atoms with van der Waals surface area (Å²) in [4.78, 5) is 52.0. The SMILES string of the molecule is O=C(O)[C@H](Cn1ccc(=O)[nH]c1=O)OCP(=O)(O)O. The molecule has 10 nitrogen and oxygen atoms in total. The molecule has 0 amide bonds. The highest BCUT2D eigenvalue weighted by Gasteiger charge is 2.24. The summed E-state index contributed by atoms with van der Waals surface area (Å²) in [5.41, 5.74) is -1.50. The smallest absolute Gasteiger partial charge is 0.351 e. The molecule has 0 aliphatic rings. The van der Waals surface area contributed by atoms with E-state index in [1.807, 2.05) is 4.98 Å². The first-order valence-electron chi connectivity index (χ1n) is 4.88. The first-order chi connectivity index (χ1) is 8.69. The van der Waals surface area contributed by atoms with E-state index in [-0.39, 0.29) is 0 Å². The third-order valence-electron chi connectivity index (χ3n) is 1.98. The molecule has 11 heteroatoms. The number of ether oxygens (including phenoxy) is 1. The molecule has 0 aliphatic heterocycles. The number of rotatable bonds is 6. The second-order valence-electron chi connectivity index (χ2n) is 3.55. The van der Waals surface area contributed by atoms with Crippen molar-refractivity contribution in [3.63, 3.8) is 0 Å². The van der Waals surface area contributed by atoms with Crippen molar-refractivity contribution in [3.8, 4) is 0 Å². The number of aromatic amines is 1. The van der Waals surface area contributed by atoms with Crippen molar-refractivity contribution in [3.05, 3.63) is 33.1 Å². The molecule has 0 saturated carbocycles. The number of hydrogen-bond acceptors (Lipinski definition) is 5. The summed E-state index contributed by atoms with van der Waals surface area (Å²) in [6.07, 6.45) is -1.66. The van der Waals surface area contributed by atoms with E-state index in [4.69, 9.17) is 14.9 Å². The second kappa shape index (κ2) is 5.93. The monoisotopic (exact) mass is 294 g/mol. The number of aliphatic carboxylic acids is 1. The Bertz CT molecular complexity index is 614. The van der Waals surface area contributed by atoms with Gasteiger partial charge in [-0.25, -0.2) is 9.59 Å². The minimum Gasteiger partial charge on any atom is -0.479 e. The molecule has 1 aromatic heterocycles. The molecule has 106 valence electrons. The molecule has 0 unspecified atom stereocenters. The van der Waals surface area contributed by atoms with Crippen LogP contribution in [-0.4, -0.2) is 42.9 Å². The van der Waals surface area contributed by atoms with E-state index < -0.39 is 43.8 Å². The average Bonchev–Trinajstić information content (AvgIpc) is 2.24. The molecule has 19 heavy (non-hydrogen) atoms. The molecule has 0 radical (unpaired) electrons. The lowest BCUT2D eigenvalue weighted by Gasteiger charge is -2.15. The molecule has 1 heterocycles. The van der Waals surface area contributed by atoms with Gasteiger partial charge in [-0.1, -0.05) is 0 Å². The molecule has 0 spiro atoms. The fourth-order valence-electron chi connectivity index (χ4n) is 1.16. The molecule has 0 aromatic carbocycles. The van der Waals surface area contributed by atoms with Gasteiger partial charge in [0.1, 0.15) is 6.35 Å². The lowest BCUT2D eigenvalue weighted by Crippen LogP contribution is -2.36. The zero-order valence-corrected chi connectivity index (χ0v) is 10.3. The number of aromatic nitrogens is 2. The van der Waals surface area contributed by atoms with Gasteiger partial charge in [0.05, 0.1) is 6.54 Å². The van der Waals surface area contributed by atoms with Crippen molar-refractivity contribution in [2.75, 3.05) is 6.35 Å². The Morgan fingerprint density at radius 1 is 1.47 bits per heavy atom. The van der Waals surface area contributed by atoms with Gasteiger partial charge >= 0.3 is 19.3 Å². The summed E-state index contributed by atoms with van der Waals surface area (Å²) in [6.45, 7) is -0.495. The van der Waals surface area contributed by atoms with Crippen LogP contribution in [0.15, 0.2) is 21.9 Å². The summed E-state index contributed by atoms with van der Waals surface area (Å²) in [5.74, 6) is -1.49. The first-order valence-corrected chi connectivity index (χ1v) is 6.67. The summed E-state index contributed by atoms with van der Waals surface area (Å²) in [7, 11) is -4.51. The Hall–Kier alpha value is -1.74. The van der Waals surface area contributed by atoms with Crippen LogP contribution in [0, 0.1) is 0 Å². The summed E-state index contributed by atoms with van der Waals surface area (Å²) in [6, 6.07) is 1.00. The molecule has 1 aromatic rings. The maximum atomic E-state index is 11.3. The van der Waals surface area contributed by atoms with E-state index in [2.05, 4.69) is 4.74 Å². The van der Waals surface area contributed by atoms with Crippen LogP contribution in [0.25, 0.3) is 0 Å². The third-order valence-corrected chi connectivity index (χ3v) is 2.46. The highest BCUT2D eigenvalue weighted by Crippen LogP contribution is 2.34. The van der Waals surface area contributed by atoms with Crippen LogP contribution in [0.5, 0.6) is 0 Å². The number of hydrogen-bond donors (Lipinski definition) is 4. The summed E-state index contributed by atoms with van der Waals surface area (Å²) in [5, 5.41) is 8.81. The third kappa shape index (κ3) is 5.18. The minimum atomic E-state index is -4.51. The van der Waals surface area contributed by atoms with Crippen LogP contribution >= 0.6 is 7.60 Å². The van der Waals surface area contributed by atoms with Crippen molar-refractivity contribution >= 4 is 13.6 Å². The maximum Gasteiger partial charge on any atom is 0.351 e. The van der Waals surface area contributed by atoms with Crippen LogP contribution in [0.1, 0.15) is 0 Å². The Kier molecular flexibility index (Phi) is 4.78. The van der Waals surface area contributed by atoms with Gasteiger partial charge in [0.2, 0.25) is 0 Å². The Morgan fingerprint density at radius 2 is 2.11 bits per heavy atom. The fraction of sp³-hybridized carbons (Fsp3) is 0.375. The zero-order valence-electron chi connectivity index (χ0n) is 9.42. The van der Waals surface area contributed by atoms with E-state index in [0.29, 0.717) is 0 Å². The first kappa shape index (κ1) is 15.3. The van der Waals surface area contributed by atoms with Gasteiger partial charge in [-0.3, -0.25) is 18.9 Å². The van der Waals surface area contributed by atoms with Gasteiger partial charge in [0.15, 0.2) is 6.10 Å². The van der Waals surface area contributed by atoms with Crippen LogP contribution in [0.3, 0.4) is 0 Å². The molecule has 4 N–H and O–H groups in total. The molecule has 0 bridgehead atoms. The predicted octanol–water partition coefficient (Wildman–Crippen LogP) is -1.86. The lowest BCUT2D eigenvalue weighted by atomic mass is 10.3.